The largest absolute Gasteiger partial charge is 0.481 e. The number of aryl methyl sites for hydroxylation is 1. The first kappa shape index (κ1) is 18.3. The summed E-state index contributed by atoms with van der Waals surface area (Å²) < 4.78 is 0. The fourth-order valence-corrected chi connectivity index (χ4v) is 3.62. The predicted molar refractivity (Wildman–Crippen MR) is 95.7 cm³/mol. The van der Waals surface area contributed by atoms with E-state index < -0.39 is 17.5 Å². The van der Waals surface area contributed by atoms with Crippen molar-refractivity contribution in [2.24, 2.45) is 5.41 Å². The molecule has 2 heterocycles. The van der Waals surface area contributed by atoms with Crippen molar-refractivity contribution in [1.82, 2.24) is 14.9 Å². The molecule has 7 nitrogen and oxygen atoms in total. The summed E-state index contributed by atoms with van der Waals surface area (Å²) in [5, 5.41) is 20.5. The molecule has 138 valence electrons. The highest BCUT2D eigenvalue weighted by Gasteiger charge is 2.48. The third-order valence-corrected chi connectivity index (χ3v) is 5.03. The van der Waals surface area contributed by atoms with Gasteiger partial charge in [-0.2, -0.15) is 0 Å². The van der Waals surface area contributed by atoms with E-state index in [-0.39, 0.29) is 12.1 Å². The molecule has 7 heteroatoms. The van der Waals surface area contributed by atoms with Crippen molar-refractivity contribution in [2.45, 2.75) is 32.4 Å². The fraction of sp³-hybridized carbons (Fsp3) is 0.421. The molecule has 1 saturated heterocycles. The third-order valence-electron chi connectivity index (χ3n) is 5.03. The Morgan fingerprint density at radius 2 is 2.12 bits per heavy atom. The zero-order valence-electron chi connectivity index (χ0n) is 14.7. The number of aliphatic hydroxyl groups excluding tert-OH is 1. The second-order valence-corrected chi connectivity index (χ2v) is 6.95. The van der Waals surface area contributed by atoms with Gasteiger partial charge in [-0.15, -0.1) is 0 Å². The maximum Gasteiger partial charge on any atom is 0.312 e. The summed E-state index contributed by atoms with van der Waals surface area (Å²) >= 11 is 0. The maximum absolute atomic E-state index is 12.0. The Labute approximate surface area is 151 Å². The molecule has 1 aromatic heterocycles. The van der Waals surface area contributed by atoms with E-state index in [2.05, 4.69) is 9.97 Å². The summed E-state index contributed by atoms with van der Waals surface area (Å²) in [4.78, 5) is 32.4. The molecule has 3 rings (SSSR count). The van der Waals surface area contributed by atoms with E-state index in [1.807, 2.05) is 35.2 Å². The second kappa shape index (κ2) is 7.39. The number of rotatable bonds is 5. The standard InChI is InChI=1S/C19H23N3O4/c1-13-20-15(9-17(24)21-13)11-22-8-7-19(18(25)26,16(23)12-22)10-14-5-3-2-4-6-14/h2-6,9,16,23H,7-8,10-12H2,1H3,(H,25,26)(H,20,21,24)/t16-,19+/m0/s1. The first-order valence-electron chi connectivity index (χ1n) is 8.64. The number of carboxylic acids is 1. The molecule has 2 aromatic rings. The smallest absolute Gasteiger partial charge is 0.312 e. The van der Waals surface area contributed by atoms with Crippen molar-refractivity contribution in [3.8, 4) is 0 Å². The van der Waals surface area contributed by atoms with Crippen molar-refractivity contribution in [3.63, 3.8) is 0 Å². The van der Waals surface area contributed by atoms with Crippen LogP contribution < -0.4 is 5.56 Å². The summed E-state index contributed by atoms with van der Waals surface area (Å²) in [5.74, 6) is -0.437. The number of nitrogens with one attached hydrogen (secondary N) is 1. The number of aliphatic carboxylic acids is 1. The molecule has 0 aliphatic carbocycles. The van der Waals surface area contributed by atoms with Crippen molar-refractivity contribution in [3.05, 3.63) is 63.8 Å². The fourth-order valence-electron chi connectivity index (χ4n) is 3.62. The van der Waals surface area contributed by atoms with Crippen molar-refractivity contribution in [1.29, 1.82) is 0 Å². The van der Waals surface area contributed by atoms with Crippen LogP contribution in [0.5, 0.6) is 0 Å². The van der Waals surface area contributed by atoms with Gasteiger partial charge in [0.2, 0.25) is 0 Å². The van der Waals surface area contributed by atoms with Gasteiger partial charge in [-0.1, -0.05) is 30.3 Å². The maximum atomic E-state index is 12.0. The first-order chi connectivity index (χ1) is 12.4. The Bertz CT molecular complexity index is 836. The van der Waals surface area contributed by atoms with Crippen LogP contribution in [-0.2, 0) is 17.8 Å². The first-order valence-corrected chi connectivity index (χ1v) is 8.64. The highest BCUT2D eigenvalue weighted by molar-refractivity contribution is 5.76. The number of β-amino-alcohol motifs (C(OH)–C–C–N with tert-alkyl or cyclic N) is 1. The monoisotopic (exact) mass is 357 g/mol. The summed E-state index contributed by atoms with van der Waals surface area (Å²) in [6.07, 6.45) is -0.377. The predicted octanol–water partition coefficient (Wildman–Crippen LogP) is 0.959. The number of hydrogen-bond donors (Lipinski definition) is 3. The molecule has 0 saturated carbocycles. The van der Waals surface area contributed by atoms with Crippen molar-refractivity contribution in [2.75, 3.05) is 13.1 Å². The van der Waals surface area contributed by atoms with Crippen LogP contribution in [0, 0.1) is 12.3 Å². The van der Waals surface area contributed by atoms with Gasteiger partial charge in [-0.05, 0) is 31.9 Å². The average Bonchev–Trinajstić information content (AvgIpc) is 2.57. The zero-order chi connectivity index (χ0) is 18.7. The van der Waals surface area contributed by atoms with Crippen molar-refractivity contribution >= 4 is 5.97 Å². The quantitative estimate of drug-likeness (QED) is 0.736. The van der Waals surface area contributed by atoms with Crippen LogP contribution in [0.15, 0.2) is 41.2 Å². The molecule has 1 aromatic carbocycles. The van der Waals surface area contributed by atoms with Gasteiger partial charge in [0.25, 0.3) is 5.56 Å². The molecule has 0 amide bonds. The molecule has 0 spiro atoms. The number of likely N-dealkylation sites (tertiary alicyclic amines) is 1. The number of benzene rings is 1. The molecule has 1 aliphatic rings. The Hall–Kier alpha value is -2.51. The number of piperidine rings is 1. The Kier molecular flexibility index (Phi) is 5.20. The van der Waals surface area contributed by atoms with Gasteiger partial charge in [0.1, 0.15) is 11.2 Å². The van der Waals surface area contributed by atoms with Crippen LogP contribution in [0.3, 0.4) is 0 Å². The SMILES string of the molecule is Cc1nc(CN2CC[C@](Cc3ccccc3)(C(=O)O)[C@@H](O)C2)cc(=O)[nH]1. The summed E-state index contributed by atoms with van der Waals surface area (Å²) in [6.45, 7) is 2.87. The van der Waals surface area contributed by atoms with Gasteiger partial charge < -0.3 is 15.2 Å². The zero-order valence-corrected chi connectivity index (χ0v) is 14.7. The lowest BCUT2D eigenvalue weighted by molar-refractivity contribution is -0.163. The van der Waals surface area contributed by atoms with Crippen LogP contribution in [0.25, 0.3) is 0 Å². The Balaban J connectivity index is 1.75. The molecule has 0 bridgehead atoms. The van der Waals surface area contributed by atoms with Crippen LogP contribution in [0.2, 0.25) is 0 Å². The lowest BCUT2D eigenvalue weighted by atomic mass is 9.71. The van der Waals surface area contributed by atoms with Gasteiger partial charge in [-0.25, -0.2) is 4.98 Å². The lowest BCUT2D eigenvalue weighted by Gasteiger charge is -2.42. The summed E-state index contributed by atoms with van der Waals surface area (Å²) in [5.41, 5.74) is 0.0997. The van der Waals surface area contributed by atoms with E-state index in [4.69, 9.17) is 0 Å². The molecule has 1 aliphatic heterocycles. The number of nitrogens with zero attached hydrogens (tertiary/aromatic N) is 2. The van der Waals surface area contributed by atoms with Gasteiger partial charge >= 0.3 is 5.97 Å². The van der Waals surface area contributed by atoms with Crippen LogP contribution in [-0.4, -0.2) is 50.2 Å². The Morgan fingerprint density at radius 3 is 2.73 bits per heavy atom. The molecular weight excluding hydrogens is 334 g/mol. The minimum Gasteiger partial charge on any atom is -0.481 e. The average molecular weight is 357 g/mol. The van der Waals surface area contributed by atoms with E-state index in [1.165, 1.54) is 6.07 Å². The van der Waals surface area contributed by atoms with Crippen LogP contribution in [0.4, 0.5) is 0 Å². The molecule has 3 N–H and O–H groups in total. The normalized spacial score (nSPS) is 23.7. The van der Waals surface area contributed by atoms with Gasteiger partial charge in [-0.3, -0.25) is 14.5 Å². The minimum absolute atomic E-state index is 0.214. The van der Waals surface area contributed by atoms with Crippen molar-refractivity contribution < 1.29 is 15.0 Å². The topological polar surface area (TPSA) is 107 Å². The Morgan fingerprint density at radius 1 is 1.38 bits per heavy atom. The molecule has 1 fully saturated rings. The van der Waals surface area contributed by atoms with E-state index in [0.717, 1.165) is 5.56 Å². The van der Waals surface area contributed by atoms with Gasteiger partial charge in [0.05, 0.1) is 11.8 Å². The van der Waals surface area contributed by atoms with E-state index in [9.17, 15) is 19.8 Å². The van der Waals surface area contributed by atoms with Gasteiger partial charge in [0, 0.05) is 19.2 Å². The molecule has 0 unspecified atom stereocenters. The number of aliphatic hydroxyl groups is 1. The van der Waals surface area contributed by atoms with Gasteiger partial charge in [0.15, 0.2) is 0 Å². The molecule has 2 atom stereocenters. The summed E-state index contributed by atoms with van der Waals surface area (Å²) in [7, 11) is 0. The van der Waals surface area contributed by atoms with E-state index in [1.54, 1.807) is 6.92 Å². The lowest BCUT2D eigenvalue weighted by Crippen LogP contribution is -2.55. The summed E-state index contributed by atoms with van der Waals surface area (Å²) in [6, 6.07) is 10.8. The number of carbonyl (C=O) groups is 1. The molecular formula is C19H23N3O4. The minimum atomic E-state index is -1.20. The second-order valence-electron chi connectivity index (χ2n) is 6.95. The third kappa shape index (κ3) is 3.84. The highest BCUT2D eigenvalue weighted by Crippen LogP contribution is 2.36. The van der Waals surface area contributed by atoms with Crippen LogP contribution >= 0.6 is 0 Å². The number of H-pyrrole nitrogens is 1. The number of aromatic amines is 1. The van der Waals surface area contributed by atoms with E-state index >= 15 is 0 Å². The highest BCUT2D eigenvalue weighted by atomic mass is 16.4. The van der Waals surface area contributed by atoms with E-state index in [0.29, 0.717) is 37.4 Å². The number of hydrogen-bond acceptors (Lipinski definition) is 5. The molecule has 0 radical (unpaired) electrons. The molecule has 26 heavy (non-hydrogen) atoms. The number of carboxylic acid groups (broad SMARTS) is 1. The number of aromatic nitrogens is 2. The van der Waals surface area contributed by atoms with Crippen LogP contribution in [0.1, 0.15) is 23.5 Å².